The average Bonchev–Trinajstić information content (AvgIpc) is 2.41. The molecule has 4 heteroatoms. The first-order valence-corrected chi connectivity index (χ1v) is 5.81. The predicted molar refractivity (Wildman–Crippen MR) is 69.3 cm³/mol. The molecule has 2 rings (SSSR count). The zero-order valence-electron chi connectivity index (χ0n) is 10.2. The molecule has 1 heterocycles. The van der Waals surface area contributed by atoms with Crippen LogP contribution in [0.1, 0.15) is 24.1 Å². The summed E-state index contributed by atoms with van der Waals surface area (Å²) < 4.78 is 0. The van der Waals surface area contributed by atoms with E-state index in [4.69, 9.17) is 0 Å². The quantitative estimate of drug-likeness (QED) is 0.722. The van der Waals surface area contributed by atoms with E-state index in [-0.39, 0.29) is 17.5 Å². The number of phenolic OH excluding ortho intramolecular Hbond substituents is 2. The molecule has 0 saturated heterocycles. The Kier molecular flexibility index (Phi) is 3.79. The van der Waals surface area contributed by atoms with E-state index in [0.29, 0.717) is 12.1 Å². The highest BCUT2D eigenvalue weighted by Crippen LogP contribution is 2.28. The van der Waals surface area contributed by atoms with E-state index in [0.717, 1.165) is 5.56 Å². The molecule has 0 unspecified atom stereocenters. The van der Waals surface area contributed by atoms with Crippen LogP contribution in [-0.4, -0.2) is 15.2 Å². The van der Waals surface area contributed by atoms with Gasteiger partial charge in [-0.3, -0.25) is 4.98 Å². The smallest absolute Gasteiger partial charge is 0.161 e. The minimum Gasteiger partial charge on any atom is -0.504 e. The Bertz CT molecular complexity index is 514. The van der Waals surface area contributed by atoms with Gasteiger partial charge in [0.05, 0.1) is 0 Å². The minimum atomic E-state index is -0.0918. The third-order valence-corrected chi connectivity index (χ3v) is 2.90. The molecule has 0 radical (unpaired) electrons. The van der Waals surface area contributed by atoms with Crippen LogP contribution in [0.2, 0.25) is 0 Å². The number of nitrogens with one attached hydrogen (secondary N) is 1. The molecule has 0 aliphatic rings. The second kappa shape index (κ2) is 5.51. The van der Waals surface area contributed by atoms with Gasteiger partial charge in [0.25, 0.3) is 0 Å². The Hall–Kier alpha value is -2.07. The Morgan fingerprint density at radius 3 is 2.61 bits per heavy atom. The van der Waals surface area contributed by atoms with E-state index >= 15 is 0 Å². The SMILES string of the molecule is C[C@H](NCc1cccc(O)c1O)c1ccncc1. The molecule has 1 aromatic heterocycles. The number of phenols is 2. The summed E-state index contributed by atoms with van der Waals surface area (Å²) in [6.45, 7) is 2.53. The lowest BCUT2D eigenvalue weighted by molar-refractivity contribution is 0.396. The Morgan fingerprint density at radius 1 is 1.17 bits per heavy atom. The fourth-order valence-electron chi connectivity index (χ4n) is 1.75. The van der Waals surface area contributed by atoms with Crippen LogP contribution in [0.15, 0.2) is 42.7 Å². The maximum absolute atomic E-state index is 9.68. The summed E-state index contributed by atoms with van der Waals surface area (Å²) in [4.78, 5) is 3.97. The second-order valence-corrected chi connectivity index (χ2v) is 4.17. The molecule has 0 aliphatic heterocycles. The van der Waals surface area contributed by atoms with Gasteiger partial charge in [-0.1, -0.05) is 12.1 Å². The molecule has 0 aliphatic carbocycles. The summed E-state index contributed by atoms with van der Waals surface area (Å²) in [6.07, 6.45) is 3.50. The van der Waals surface area contributed by atoms with E-state index < -0.39 is 0 Å². The van der Waals surface area contributed by atoms with Gasteiger partial charge in [-0.2, -0.15) is 0 Å². The third-order valence-electron chi connectivity index (χ3n) is 2.90. The molecule has 0 amide bonds. The van der Waals surface area contributed by atoms with Crippen LogP contribution in [0.4, 0.5) is 0 Å². The van der Waals surface area contributed by atoms with Crippen LogP contribution in [0.5, 0.6) is 11.5 Å². The topological polar surface area (TPSA) is 65.4 Å². The molecule has 0 fully saturated rings. The number of para-hydroxylation sites is 1. The standard InChI is InChI=1S/C14H16N2O2/c1-10(11-5-7-15-8-6-11)16-9-12-3-2-4-13(17)14(12)18/h2-8,10,16-18H,9H2,1H3/t10-/m0/s1. The lowest BCUT2D eigenvalue weighted by Crippen LogP contribution is -2.18. The number of pyridine rings is 1. The van der Waals surface area contributed by atoms with E-state index in [1.165, 1.54) is 6.07 Å². The van der Waals surface area contributed by atoms with Gasteiger partial charge >= 0.3 is 0 Å². The van der Waals surface area contributed by atoms with Crippen molar-refractivity contribution in [2.75, 3.05) is 0 Å². The molecule has 0 saturated carbocycles. The van der Waals surface area contributed by atoms with Crippen molar-refractivity contribution >= 4 is 0 Å². The van der Waals surface area contributed by atoms with Gasteiger partial charge in [0.15, 0.2) is 11.5 Å². The van der Waals surface area contributed by atoms with E-state index in [9.17, 15) is 10.2 Å². The van der Waals surface area contributed by atoms with Crippen LogP contribution in [0.25, 0.3) is 0 Å². The van der Waals surface area contributed by atoms with Gasteiger partial charge in [-0.05, 0) is 30.7 Å². The number of nitrogens with zero attached hydrogens (tertiary/aromatic N) is 1. The van der Waals surface area contributed by atoms with Crippen molar-refractivity contribution in [3.8, 4) is 11.5 Å². The summed E-state index contributed by atoms with van der Waals surface area (Å²) in [6, 6.07) is 8.99. The Labute approximate surface area is 106 Å². The maximum atomic E-state index is 9.68. The van der Waals surface area contributed by atoms with Crippen molar-refractivity contribution in [2.24, 2.45) is 0 Å². The van der Waals surface area contributed by atoms with Crippen LogP contribution in [0.3, 0.4) is 0 Å². The minimum absolute atomic E-state index is 0.0630. The van der Waals surface area contributed by atoms with E-state index in [1.54, 1.807) is 24.5 Å². The monoisotopic (exact) mass is 244 g/mol. The summed E-state index contributed by atoms with van der Waals surface area (Å²) in [5.74, 6) is -0.155. The van der Waals surface area contributed by atoms with Gasteiger partial charge in [-0.25, -0.2) is 0 Å². The highest BCUT2D eigenvalue weighted by atomic mass is 16.3. The molecule has 0 bridgehead atoms. The first-order valence-electron chi connectivity index (χ1n) is 5.81. The summed E-state index contributed by atoms with van der Waals surface area (Å²) in [7, 11) is 0. The van der Waals surface area contributed by atoms with Gasteiger partial charge in [0.1, 0.15) is 0 Å². The molecule has 3 N–H and O–H groups in total. The molecule has 0 spiro atoms. The van der Waals surface area contributed by atoms with Crippen molar-refractivity contribution < 1.29 is 10.2 Å². The molecule has 94 valence electrons. The summed E-state index contributed by atoms with van der Waals surface area (Å²) in [5, 5.41) is 22.4. The molecule has 1 atom stereocenters. The predicted octanol–water partition coefficient (Wildman–Crippen LogP) is 2.34. The van der Waals surface area contributed by atoms with Crippen molar-refractivity contribution in [3.63, 3.8) is 0 Å². The lowest BCUT2D eigenvalue weighted by atomic mass is 10.1. The third kappa shape index (κ3) is 2.78. The molecular weight excluding hydrogens is 228 g/mol. The van der Waals surface area contributed by atoms with Crippen molar-refractivity contribution in [2.45, 2.75) is 19.5 Å². The summed E-state index contributed by atoms with van der Waals surface area (Å²) >= 11 is 0. The van der Waals surface area contributed by atoms with Gasteiger partial charge < -0.3 is 15.5 Å². The van der Waals surface area contributed by atoms with Gasteiger partial charge in [0, 0.05) is 30.5 Å². The van der Waals surface area contributed by atoms with Crippen LogP contribution in [-0.2, 0) is 6.54 Å². The first-order chi connectivity index (χ1) is 8.68. The molecular formula is C14H16N2O2. The fraction of sp³-hybridized carbons (Fsp3) is 0.214. The van der Waals surface area contributed by atoms with Gasteiger partial charge in [0.2, 0.25) is 0 Å². The zero-order chi connectivity index (χ0) is 13.0. The van der Waals surface area contributed by atoms with Gasteiger partial charge in [-0.15, -0.1) is 0 Å². The zero-order valence-corrected chi connectivity index (χ0v) is 10.2. The Morgan fingerprint density at radius 2 is 1.89 bits per heavy atom. The lowest BCUT2D eigenvalue weighted by Gasteiger charge is -2.14. The highest BCUT2D eigenvalue weighted by molar-refractivity contribution is 5.44. The number of aromatic hydroxyl groups is 2. The molecule has 18 heavy (non-hydrogen) atoms. The molecule has 4 nitrogen and oxygen atoms in total. The number of rotatable bonds is 4. The second-order valence-electron chi connectivity index (χ2n) is 4.17. The van der Waals surface area contributed by atoms with Crippen molar-refractivity contribution in [3.05, 3.63) is 53.9 Å². The highest BCUT2D eigenvalue weighted by Gasteiger charge is 2.08. The Balaban J connectivity index is 2.02. The number of aromatic nitrogens is 1. The van der Waals surface area contributed by atoms with Crippen LogP contribution < -0.4 is 5.32 Å². The average molecular weight is 244 g/mol. The van der Waals surface area contributed by atoms with E-state index in [1.807, 2.05) is 19.1 Å². The fourth-order valence-corrected chi connectivity index (χ4v) is 1.75. The van der Waals surface area contributed by atoms with Crippen molar-refractivity contribution in [1.29, 1.82) is 0 Å². The largest absolute Gasteiger partial charge is 0.504 e. The number of hydrogen-bond acceptors (Lipinski definition) is 4. The maximum Gasteiger partial charge on any atom is 0.161 e. The number of benzene rings is 1. The van der Waals surface area contributed by atoms with E-state index in [2.05, 4.69) is 10.3 Å². The molecule has 1 aromatic carbocycles. The number of hydrogen-bond donors (Lipinski definition) is 3. The molecule has 2 aromatic rings. The van der Waals surface area contributed by atoms with Crippen LogP contribution in [0, 0.1) is 0 Å². The normalized spacial score (nSPS) is 12.3. The summed E-state index contributed by atoms with van der Waals surface area (Å²) in [5.41, 5.74) is 1.81. The van der Waals surface area contributed by atoms with Crippen molar-refractivity contribution in [1.82, 2.24) is 10.3 Å². The van der Waals surface area contributed by atoms with Crippen LogP contribution >= 0.6 is 0 Å². The first kappa shape index (κ1) is 12.4.